The second-order valence-corrected chi connectivity index (χ2v) is 6.95. The minimum absolute atomic E-state index is 0.231. The molecular formula is C16H22BrNO. The molecule has 19 heavy (non-hydrogen) atoms. The summed E-state index contributed by atoms with van der Waals surface area (Å²) >= 11 is 3.65. The number of hydrogen-bond acceptors (Lipinski definition) is 2. The van der Waals surface area contributed by atoms with Crippen LogP contribution in [0.15, 0.2) is 22.7 Å². The fourth-order valence-electron chi connectivity index (χ4n) is 3.03. The Balaban J connectivity index is 1.70. The fraction of sp³-hybridized carbons (Fsp3) is 0.625. The maximum atomic E-state index is 5.97. The van der Waals surface area contributed by atoms with Gasteiger partial charge in [-0.05, 0) is 65.2 Å². The lowest BCUT2D eigenvalue weighted by atomic mass is 9.64. The molecule has 2 aliphatic carbocycles. The molecule has 0 heterocycles. The molecule has 0 aliphatic heterocycles. The van der Waals surface area contributed by atoms with Gasteiger partial charge in [0.2, 0.25) is 0 Å². The minimum Gasteiger partial charge on any atom is -0.492 e. The largest absolute Gasteiger partial charge is 0.492 e. The molecule has 2 aliphatic rings. The van der Waals surface area contributed by atoms with E-state index in [1.807, 2.05) is 0 Å². The molecule has 0 amide bonds. The van der Waals surface area contributed by atoms with Crippen LogP contribution in [0.25, 0.3) is 0 Å². The van der Waals surface area contributed by atoms with E-state index in [9.17, 15) is 0 Å². The lowest BCUT2D eigenvalue weighted by Crippen LogP contribution is -2.41. The Kier molecular flexibility index (Phi) is 3.86. The summed E-state index contributed by atoms with van der Waals surface area (Å²) in [6, 6.07) is 6.52. The van der Waals surface area contributed by atoms with Gasteiger partial charge < -0.3 is 10.5 Å². The molecule has 0 spiro atoms. The van der Waals surface area contributed by atoms with Gasteiger partial charge >= 0.3 is 0 Å². The van der Waals surface area contributed by atoms with Gasteiger partial charge in [0.05, 0.1) is 11.1 Å². The highest BCUT2D eigenvalue weighted by molar-refractivity contribution is 9.10. The Morgan fingerprint density at radius 2 is 2.05 bits per heavy atom. The third-order valence-corrected chi connectivity index (χ3v) is 5.56. The van der Waals surface area contributed by atoms with Crippen LogP contribution in [0.4, 0.5) is 0 Å². The topological polar surface area (TPSA) is 35.2 Å². The highest BCUT2D eigenvalue weighted by Gasteiger charge is 2.37. The molecule has 0 unspecified atom stereocenters. The van der Waals surface area contributed by atoms with E-state index in [1.54, 1.807) is 0 Å². The number of nitrogens with two attached hydrogens (primary N) is 1. The summed E-state index contributed by atoms with van der Waals surface area (Å²) in [5.41, 5.74) is 7.56. The smallest absolute Gasteiger partial charge is 0.133 e. The molecule has 2 saturated carbocycles. The van der Waals surface area contributed by atoms with E-state index in [2.05, 4.69) is 34.1 Å². The molecule has 0 atom stereocenters. The third-order valence-electron chi connectivity index (χ3n) is 4.94. The average molecular weight is 324 g/mol. The summed E-state index contributed by atoms with van der Waals surface area (Å²) in [5.74, 6) is 1.75. The Morgan fingerprint density at radius 1 is 1.26 bits per heavy atom. The Morgan fingerprint density at radius 3 is 2.53 bits per heavy atom. The van der Waals surface area contributed by atoms with Crippen LogP contribution in [0.3, 0.4) is 0 Å². The molecule has 1 aromatic carbocycles. The molecule has 0 saturated heterocycles. The number of benzene rings is 1. The zero-order valence-corrected chi connectivity index (χ0v) is 12.9. The molecule has 2 nitrogen and oxygen atoms in total. The number of hydrogen-bond donors (Lipinski definition) is 1. The molecular weight excluding hydrogens is 302 g/mol. The first-order valence-corrected chi connectivity index (χ1v) is 8.16. The summed E-state index contributed by atoms with van der Waals surface area (Å²) in [4.78, 5) is 0. The quantitative estimate of drug-likeness (QED) is 0.888. The van der Waals surface area contributed by atoms with Crippen LogP contribution in [-0.2, 0) is 5.41 Å². The van der Waals surface area contributed by atoms with Crippen molar-refractivity contribution < 1.29 is 4.74 Å². The van der Waals surface area contributed by atoms with Gasteiger partial charge in [-0.3, -0.25) is 0 Å². The van der Waals surface area contributed by atoms with Crippen molar-refractivity contribution in [2.24, 2.45) is 11.7 Å². The van der Waals surface area contributed by atoms with Crippen LogP contribution in [0.2, 0.25) is 0 Å². The molecule has 1 aromatic rings. The maximum absolute atomic E-state index is 5.97. The van der Waals surface area contributed by atoms with Crippen molar-refractivity contribution in [2.75, 3.05) is 13.2 Å². The SMILES string of the molecule is NCC1(c2ccc(OCC3CCC3)c(Br)c2)CCC1. The van der Waals surface area contributed by atoms with Gasteiger partial charge in [0.15, 0.2) is 0 Å². The zero-order valence-electron chi connectivity index (χ0n) is 11.3. The summed E-state index contributed by atoms with van der Waals surface area (Å²) in [5, 5.41) is 0. The van der Waals surface area contributed by atoms with Gasteiger partial charge in [0, 0.05) is 12.0 Å². The first-order valence-electron chi connectivity index (χ1n) is 7.36. The Hall–Kier alpha value is -0.540. The monoisotopic (exact) mass is 323 g/mol. The molecule has 104 valence electrons. The van der Waals surface area contributed by atoms with E-state index < -0.39 is 0 Å². The molecule has 0 bridgehead atoms. The second-order valence-electron chi connectivity index (χ2n) is 6.09. The molecule has 0 aromatic heterocycles. The first kappa shape index (κ1) is 13.4. The predicted molar refractivity (Wildman–Crippen MR) is 81.6 cm³/mol. The van der Waals surface area contributed by atoms with E-state index in [0.29, 0.717) is 0 Å². The Labute approximate surface area is 123 Å². The average Bonchev–Trinajstić information content (AvgIpc) is 2.29. The fourth-order valence-corrected chi connectivity index (χ4v) is 3.52. The third kappa shape index (κ3) is 2.55. The van der Waals surface area contributed by atoms with E-state index in [4.69, 9.17) is 10.5 Å². The highest BCUT2D eigenvalue weighted by Crippen LogP contribution is 2.44. The van der Waals surface area contributed by atoms with E-state index >= 15 is 0 Å². The lowest BCUT2D eigenvalue weighted by Gasteiger charge is -2.41. The molecule has 0 radical (unpaired) electrons. The van der Waals surface area contributed by atoms with Gasteiger partial charge in [-0.15, -0.1) is 0 Å². The molecule has 2 N–H and O–H groups in total. The summed E-state index contributed by atoms with van der Waals surface area (Å²) in [6.45, 7) is 1.61. The van der Waals surface area contributed by atoms with Crippen LogP contribution in [-0.4, -0.2) is 13.2 Å². The van der Waals surface area contributed by atoms with E-state index in [1.165, 1.54) is 44.1 Å². The Bertz CT molecular complexity index is 447. The van der Waals surface area contributed by atoms with E-state index in [0.717, 1.165) is 29.3 Å². The zero-order chi connectivity index (χ0) is 13.3. The van der Waals surface area contributed by atoms with Crippen molar-refractivity contribution in [2.45, 2.75) is 43.9 Å². The van der Waals surface area contributed by atoms with Gasteiger partial charge in [0.1, 0.15) is 5.75 Å². The molecule has 3 heteroatoms. The van der Waals surface area contributed by atoms with Gasteiger partial charge in [-0.25, -0.2) is 0 Å². The van der Waals surface area contributed by atoms with Crippen LogP contribution in [0, 0.1) is 5.92 Å². The normalized spacial score (nSPS) is 21.6. The van der Waals surface area contributed by atoms with Crippen LogP contribution in [0.5, 0.6) is 5.75 Å². The summed E-state index contributed by atoms with van der Waals surface area (Å²) in [7, 11) is 0. The first-order chi connectivity index (χ1) is 9.23. The number of rotatable bonds is 5. The standard InChI is InChI=1S/C16H22BrNO/c17-14-9-13(16(11-18)7-2-8-16)5-6-15(14)19-10-12-3-1-4-12/h5-6,9,12H,1-4,7-8,10-11,18H2. The van der Waals surface area contributed by atoms with Gasteiger partial charge in [-0.1, -0.05) is 18.9 Å². The number of ether oxygens (including phenoxy) is 1. The van der Waals surface area contributed by atoms with Gasteiger partial charge in [-0.2, -0.15) is 0 Å². The van der Waals surface area contributed by atoms with E-state index in [-0.39, 0.29) is 5.41 Å². The van der Waals surface area contributed by atoms with Crippen LogP contribution < -0.4 is 10.5 Å². The van der Waals surface area contributed by atoms with Crippen molar-refractivity contribution in [3.05, 3.63) is 28.2 Å². The minimum atomic E-state index is 0.231. The van der Waals surface area contributed by atoms with Crippen molar-refractivity contribution in [3.63, 3.8) is 0 Å². The van der Waals surface area contributed by atoms with Crippen molar-refractivity contribution in [1.82, 2.24) is 0 Å². The van der Waals surface area contributed by atoms with Gasteiger partial charge in [0.25, 0.3) is 0 Å². The number of halogens is 1. The van der Waals surface area contributed by atoms with Crippen molar-refractivity contribution >= 4 is 15.9 Å². The van der Waals surface area contributed by atoms with Crippen LogP contribution in [0.1, 0.15) is 44.1 Å². The summed E-state index contributed by atoms with van der Waals surface area (Å²) < 4.78 is 6.99. The lowest BCUT2D eigenvalue weighted by molar-refractivity contribution is 0.179. The predicted octanol–water partition coefficient (Wildman–Crippen LogP) is 4.01. The van der Waals surface area contributed by atoms with Crippen LogP contribution >= 0.6 is 15.9 Å². The highest BCUT2D eigenvalue weighted by atomic mass is 79.9. The van der Waals surface area contributed by atoms with Crippen molar-refractivity contribution in [3.8, 4) is 5.75 Å². The maximum Gasteiger partial charge on any atom is 0.133 e. The summed E-state index contributed by atoms with van der Waals surface area (Å²) in [6.07, 6.45) is 7.76. The molecule has 2 fully saturated rings. The molecule has 3 rings (SSSR count). The second kappa shape index (κ2) is 5.45. The van der Waals surface area contributed by atoms with Crippen molar-refractivity contribution in [1.29, 1.82) is 0 Å².